The highest BCUT2D eigenvalue weighted by molar-refractivity contribution is 5.92. The van der Waals surface area contributed by atoms with Crippen molar-refractivity contribution in [3.05, 3.63) is 54.0 Å². The summed E-state index contributed by atoms with van der Waals surface area (Å²) in [6.45, 7) is 9.17. The smallest absolute Gasteiger partial charge is 0.287 e. The lowest BCUT2D eigenvalue weighted by Gasteiger charge is -2.34. The molecule has 1 saturated heterocycles. The molecular formula is C23H32N2O3. The first-order chi connectivity index (χ1) is 13.6. The maximum absolute atomic E-state index is 12.4. The van der Waals surface area contributed by atoms with Gasteiger partial charge >= 0.3 is 0 Å². The molecule has 1 aliphatic heterocycles. The van der Waals surface area contributed by atoms with Crippen molar-refractivity contribution in [2.24, 2.45) is 11.8 Å². The number of hydrogen-bond acceptors (Lipinski definition) is 4. The molecule has 2 unspecified atom stereocenters. The Morgan fingerprint density at radius 2 is 1.89 bits per heavy atom. The van der Waals surface area contributed by atoms with Crippen LogP contribution in [0, 0.1) is 11.8 Å². The predicted molar refractivity (Wildman–Crippen MR) is 110 cm³/mol. The monoisotopic (exact) mass is 384 g/mol. The van der Waals surface area contributed by atoms with Gasteiger partial charge < -0.3 is 19.4 Å². The third kappa shape index (κ3) is 6.13. The van der Waals surface area contributed by atoms with E-state index in [0.717, 1.165) is 42.5 Å². The SMILES string of the molecule is CC1CC(C)CN(CCCCNC(=O)c2occc2COc2ccccc2)C1. The highest BCUT2D eigenvalue weighted by Gasteiger charge is 2.21. The highest BCUT2D eigenvalue weighted by atomic mass is 16.5. The van der Waals surface area contributed by atoms with Crippen molar-refractivity contribution < 1.29 is 13.9 Å². The van der Waals surface area contributed by atoms with E-state index in [0.29, 0.717) is 18.9 Å². The topological polar surface area (TPSA) is 54.7 Å². The molecule has 1 amide bonds. The van der Waals surface area contributed by atoms with Crippen molar-refractivity contribution in [2.75, 3.05) is 26.2 Å². The minimum absolute atomic E-state index is 0.170. The summed E-state index contributed by atoms with van der Waals surface area (Å²) in [5, 5.41) is 2.97. The van der Waals surface area contributed by atoms with Gasteiger partial charge in [0.2, 0.25) is 0 Å². The predicted octanol–water partition coefficient (Wildman–Crippen LogP) is 4.35. The molecule has 0 radical (unpaired) electrons. The van der Waals surface area contributed by atoms with Gasteiger partial charge in [-0.25, -0.2) is 0 Å². The van der Waals surface area contributed by atoms with Crippen LogP contribution in [0.1, 0.15) is 49.2 Å². The molecule has 5 heteroatoms. The van der Waals surface area contributed by atoms with E-state index in [1.165, 1.54) is 25.8 Å². The second kappa shape index (κ2) is 10.3. The quantitative estimate of drug-likeness (QED) is 0.653. The van der Waals surface area contributed by atoms with Gasteiger partial charge in [0, 0.05) is 25.2 Å². The van der Waals surface area contributed by atoms with Gasteiger partial charge in [0.1, 0.15) is 12.4 Å². The summed E-state index contributed by atoms with van der Waals surface area (Å²) in [5.74, 6) is 2.53. The number of piperidine rings is 1. The maximum Gasteiger partial charge on any atom is 0.287 e. The molecule has 0 spiro atoms. The first-order valence-electron chi connectivity index (χ1n) is 10.4. The summed E-state index contributed by atoms with van der Waals surface area (Å²) in [6, 6.07) is 11.4. The molecule has 0 saturated carbocycles. The number of rotatable bonds is 9. The summed E-state index contributed by atoms with van der Waals surface area (Å²) in [7, 11) is 0. The van der Waals surface area contributed by atoms with Gasteiger partial charge in [0.15, 0.2) is 5.76 Å². The van der Waals surface area contributed by atoms with Crippen LogP contribution in [-0.4, -0.2) is 37.0 Å². The first kappa shape index (κ1) is 20.5. The summed E-state index contributed by atoms with van der Waals surface area (Å²) in [4.78, 5) is 15.0. The normalized spacial score (nSPS) is 20.1. The number of nitrogens with one attached hydrogen (secondary N) is 1. The molecule has 28 heavy (non-hydrogen) atoms. The van der Waals surface area contributed by atoms with Crippen LogP contribution in [0.5, 0.6) is 5.75 Å². The Labute approximate surface area is 168 Å². The van der Waals surface area contributed by atoms with Crippen LogP contribution in [0.4, 0.5) is 0 Å². The number of carbonyl (C=O) groups excluding carboxylic acids is 1. The van der Waals surface area contributed by atoms with Crippen molar-refractivity contribution in [3.8, 4) is 5.75 Å². The molecular weight excluding hydrogens is 352 g/mol. The summed E-state index contributed by atoms with van der Waals surface area (Å²) in [6.07, 6.45) is 4.95. The fourth-order valence-corrected chi connectivity index (χ4v) is 4.04. The Hall–Kier alpha value is -2.27. The minimum atomic E-state index is -0.170. The average molecular weight is 385 g/mol. The van der Waals surface area contributed by atoms with E-state index in [4.69, 9.17) is 9.15 Å². The number of likely N-dealkylation sites (tertiary alicyclic amines) is 1. The number of carbonyl (C=O) groups is 1. The number of unbranched alkanes of at least 4 members (excludes halogenated alkanes) is 1. The molecule has 2 aromatic rings. The van der Waals surface area contributed by atoms with Gasteiger partial charge in [-0.2, -0.15) is 0 Å². The third-order valence-corrected chi connectivity index (χ3v) is 5.22. The molecule has 1 N–H and O–H groups in total. The van der Waals surface area contributed by atoms with Crippen molar-refractivity contribution in [3.63, 3.8) is 0 Å². The van der Waals surface area contributed by atoms with E-state index >= 15 is 0 Å². The zero-order valence-electron chi connectivity index (χ0n) is 17.0. The lowest BCUT2D eigenvalue weighted by atomic mass is 9.92. The Balaban J connectivity index is 1.37. The molecule has 0 aliphatic carbocycles. The van der Waals surface area contributed by atoms with Crippen molar-refractivity contribution in [2.45, 2.75) is 39.7 Å². The van der Waals surface area contributed by atoms with Gasteiger partial charge in [-0.05, 0) is 55.8 Å². The van der Waals surface area contributed by atoms with Gasteiger partial charge in [0.05, 0.1) is 6.26 Å². The van der Waals surface area contributed by atoms with Crippen LogP contribution in [0.25, 0.3) is 0 Å². The van der Waals surface area contributed by atoms with Crippen LogP contribution in [-0.2, 0) is 6.61 Å². The number of nitrogens with zero attached hydrogens (tertiary/aromatic N) is 1. The van der Waals surface area contributed by atoms with Crippen LogP contribution in [0.2, 0.25) is 0 Å². The Bertz CT molecular complexity index is 718. The van der Waals surface area contributed by atoms with Crippen LogP contribution in [0.3, 0.4) is 0 Å². The third-order valence-electron chi connectivity index (χ3n) is 5.22. The van der Waals surface area contributed by atoms with E-state index in [2.05, 4.69) is 24.1 Å². The molecule has 1 fully saturated rings. The standard InChI is InChI=1S/C23H32N2O3/c1-18-14-19(2)16-25(15-18)12-7-6-11-24-23(26)22-20(10-13-27-22)17-28-21-8-4-3-5-9-21/h3-5,8-10,13,18-19H,6-7,11-12,14-17H2,1-2H3,(H,24,26). The average Bonchev–Trinajstić information content (AvgIpc) is 3.15. The fourth-order valence-electron chi connectivity index (χ4n) is 4.04. The minimum Gasteiger partial charge on any atom is -0.489 e. The lowest BCUT2D eigenvalue weighted by molar-refractivity contribution is 0.0920. The molecule has 1 aromatic heterocycles. The number of hydrogen-bond donors (Lipinski definition) is 1. The molecule has 3 rings (SSSR count). The second-order valence-electron chi connectivity index (χ2n) is 8.05. The van der Waals surface area contributed by atoms with E-state index < -0.39 is 0 Å². The van der Waals surface area contributed by atoms with Gasteiger partial charge in [-0.15, -0.1) is 0 Å². The van der Waals surface area contributed by atoms with E-state index in [9.17, 15) is 4.79 Å². The van der Waals surface area contributed by atoms with Crippen molar-refractivity contribution >= 4 is 5.91 Å². The largest absolute Gasteiger partial charge is 0.489 e. The molecule has 2 atom stereocenters. The maximum atomic E-state index is 12.4. The zero-order chi connectivity index (χ0) is 19.8. The van der Waals surface area contributed by atoms with Crippen molar-refractivity contribution in [1.82, 2.24) is 10.2 Å². The first-order valence-corrected chi connectivity index (χ1v) is 10.4. The molecule has 5 nitrogen and oxygen atoms in total. The summed E-state index contributed by atoms with van der Waals surface area (Å²) < 4.78 is 11.1. The molecule has 1 aromatic carbocycles. The van der Waals surface area contributed by atoms with Crippen LogP contribution >= 0.6 is 0 Å². The van der Waals surface area contributed by atoms with E-state index in [1.807, 2.05) is 30.3 Å². The second-order valence-corrected chi connectivity index (χ2v) is 8.05. The zero-order valence-corrected chi connectivity index (χ0v) is 17.0. The van der Waals surface area contributed by atoms with Gasteiger partial charge in [-0.1, -0.05) is 32.0 Å². The molecule has 1 aliphatic rings. The van der Waals surface area contributed by atoms with Gasteiger partial charge in [-0.3, -0.25) is 4.79 Å². The number of furan rings is 1. The summed E-state index contributed by atoms with van der Waals surface area (Å²) in [5.41, 5.74) is 0.762. The van der Waals surface area contributed by atoms with E-state index in [-0.39, 0.29) is 5.91 Å². The number of amides is 1. The molecule has 2 heterocycles. The van der Waals surface area contributed by atoms with Crippen LogP contribution in [0.15, 0.2) is 47.1 Å². The fraction of sp³-hybridized carbons (Fsp3) is 0.522. The Kier molecular flexibility index (Phi) is 7.54. The van der Waals surface area contributed by atoms with Crippen LogP contribution < -0.4 is 10.1 Å². The lowest BCUT2D eigenvalue weighted by Crippen LogP contribution is -2.39. The van der Waals surface area contributed by atoms with Gasteiger partial charge in [0.25, 0.3) is 5.91 Å². The summed E-state index contributed by atoms with van der Waals surface area (Å²) >= 11 is 0. The number of ether oxygens (including phenoxy) is 1. The van der Waals surface area contributed by atoms with E-state index in [1.54, 1.807) is 6.07 Å². The number of para-hydroxylation sites is 1. The Morgan fingerprint density at radius 3 is 2.64 bits per heavy atom. The van der Waals surface area contributed by atoms with Crippen molar-refractivity contribution in [1.29, 1.82) is 0 Å². The molecule has 152 valence electrons. The molecule has 0 bridgehead atoms. The highest BCUT2D eigenvalue weighted by Crippen LogP contribution is 2.21. The Morgan fingerprint density at radius 1 is 1.14 bits per heavy atom. The number of benzene rings is 1.